The predicted molar refractivity (Wildman–Crippen MR) is 101 cm³/mol. The van der Waals surface area contributed by atoms with Crippen molar-refractivity contribution < 1.29 is 19.5 Å². The molecule has 0 aliphatic carbocycles. The molecule has 2 heterocycles. The molecule has 25 heavy (non-hydrogen) atoms. The molecule has 6 nitrogen and oxygen atoms in total. The van der Waals surface area contributed by atoms with Crippen molar-refractivity contribution in [1.82, 2.24) is 4.90 Å². The number of halogens is 1. The van der Waals surface area contributed by atoms with Gasteiger partial charge in [0.2, 0.25) is 0 Å². The molecule has 0 radical (unpaired) electrons. The molecule has 0 aromatic heterocycles. The number of carboxylic acid groups (broad SMARTS) is 1. The molecule has 0 spiro atoms. The Labute approximate surface area is 161 Å². The number of nitrogens with zero attached hydrogens (tertiary/aromatic N) is 2. The van der Waals surface area contributed by atoms with Crippen molar-refractivity contribution in [2.75, 3.05) is 18.0 Å². The summed E-state index contributed by atoms with van der Waals surface area (Å²) in [6.45, 7) is 3.30. The molecular formula is C16H10BrN2O4S2-. The highest BCUT2D eigenvalue weighted by Crippen LogP contribution is 2.45. The second-order valence-electron chi connectivity index (χ2n) is 5.20. The lowest BCUT2D eigenvalue weighted by Gasteiger charge is -2.15. The lowest BCUT2D eigenvalue weighted by Crippen LogP contribution is -2.40. The van der Waals surface area contributed by atoms with Crippen molar-refractivity contribution in [2.45, 2.75) is 0 Å². The van der Waals surface area contributed by atoms with Crippen LogP contribution >= 0.6 is 39.9 Å². The third-order valence-electron chi connectivity index (χ3n) is 3.65. The van der Waals surface area contributed by atoms with E-state index in [2.05, 4.69) is 22.5 Å². The minimum absolute atomic E-state index is 0.0863. The molecule has 1 aromatic rings. The number of hydrogen-bond donors (Lipinski definition) is 0. The van der Waals surface area contributed by atoms with E-state index in [1.54, 1.807) is 24.3 Å². The van der Waals surface area contributed by atoms with Gasteiger partial charge in [-0.25, -0.2) is 0 Å². The van der Waals surface area contributed by atoms with Gasteiger partial charge < -0.3 is 14.8 Å². The molecule has 2 aliphatic heterocycles. The summed E-state index contributed by atoms with van der Waals surface area (Å²) in [7, 11) is 0. The van der Waals surface area contributed by atoms with E-state index < -0.39 is 18.4 Å². The fourth-order valence-corrected chi connectivity index (χ4v) is 4.34. The largest absolute Gasteiger partial charge is 0.548 e. The third kappa shape index (κ3) is 3.03. The number of rotatable bonds is 4. The molecule has 1 saturated heterocycles. The topological polar surface area (TPSA) is 80.8 Å². The highest BCUT2D eigenvalue weighted by atomic mass is 79.9. The average Bonchev–Trinajstić information content (AvgIpc) is 2.96. The number of thiocarbonyl (C=S) groups is 1. The SMILES string of the molecule is C=CCN1C(=O)/C(=C2/SC(=S)N(CC(=O)[O-])C2=O)c2cc(Br)ccc21. The number of carboxylic acids is 1. The van der Waals surface area contributed by atoms with Crippen LogP contribution in [0.5, 0.6) is 0 Å². The predicted octanol–water partition coefficient (Wildman–Crippen LogP) is 1.30. The monoisotopic (exact) mass is 437 g/mol. The molecule has 0 saturated carbocycles. The number of hydrogen-bond acceptors (Lipinski definition) is 6. The number of fused-ring (bicyclic) bond motifs is 1. The molecule has 0 bridgehead atoms. The Morgan fingerprint density at radius 1 is 1.32 bits per heavy atom. The van der Waals surface area contributed by atoms with Crippen LogP contribution in [0.1, 0.15) is 5.56 Å². The summed E-state index contributed by atoms with van der Waals surface area (Å²) in [5, 5.41) is 10.8. The lowest BCUT2D eigenvalue weighted by molar-refractivity contribution is -0.305. The van der Waals surface area contributed by atoms with Gasteiger partial charge in [-0.15, -0.1) is 6.58 Å². The number of thioether (sulfide) groups is 1. The molecule has 0 N–H and O–H groups in total. The lowest BCUT2D eigenvalue weighted by atomic mass is 10.1. The van der Waals surface area contributed by atoms with Crippen LogP contribution in [0.25, 0.3) is 5.57 Å². The maximum absolute atomic E-state index is 12.9. The van der Waals surface area contributed by atoms with Gasteiger partial charge in [0.1, 0.15) is 4.32 Å². The zero-order chi connectivity index (χ0) is 18.3. The number of carbonyl (C=O) groups excluding carboxylic acids is 3. The average molecular weight is 438 g/mol. The van der Waals surface area contributed by atoms with E-state index in [1.165, 1.54) is 4.90 Å². The summed E-state index contributed by atoms with van der Waals surface area (Å²) in [4.78, 5) is 38.9. The van der Waals surface area contributed by atoms with Gasteiger partial charge in [0, 0.05) is 16.6 Å². The molecule has 0 atom stereocenters. The van der Waals surface area contributed by atoms with Crippen LogP contribution < -0.4 is 10.0 Å². The number of benzene rings is 1. The second-order valence-corrected chi connectivity index (χ2v) is 7.76. The van der Waals surface area contributed by atoms with Crippen LogP contribution in [0.3, 0.4) is 0 Å². The van der Waals surface area contributed by atoms with Gasteiger partial charge in [0.05, 0.1) is 28.7 Å². The van der Waals surface area contributed by atoms with Crippen molar-refractivity contribution in [1.29, 1.82) is 0 Å². The standard InChI is InChI=1S/C16H11BrN2O4S2/c1-2-5-18-10-4-3-8(17)6-9(10)12(14(18)22)13-15(23)19(7-11(20)21)16(24)25-13/h2-4,6H,1,5,7H2,(H,20,21)/p-1/b13-12+. The Morgan fingerprint density at radius 2 is 2.04 bits per heavy atom. The minimum Gasteiger partial charge on any atom is -0.548 e. The fourth-order valence-electron chi connectivity index (χ4n) is 2.65. The van der Waals surface area contributed by atoms with Crippen LogP contribution in [-0.2, 0) is 14.4 Å². The normalized spacial score (nSPS) is 19.6. The van der Waals surface area contributed by atoms with Crippen molar-refractivity contribution in [2.24, 2.45) is 0 Å². The third-order valence-corrected chi connectivity index (χ3v) is 5.59. The van der Waals surface area contributed by atoms with Crippen molar-refractivity contribution in [3.05, 3.63) is 45.8 Å². The van der Waals surface area contributed by atoms with Gasteiger partial charge in [-0.05, 0) is 18.2 Å². The van der Waals surface area contributed by atoms with Crippen LogP contribution in [-0.4, -0.2) is 40.1 Å². The quantitative estimate of drug-likeness (QED) is 0.401. The summed E-state index contributed by atoms with van der Waals surface area (Å²) in [5.41, 5.74) is 1.47. The Morgan fingerprint density at radius 3 is 2.68 bits per heavy atom. The highest BCUT2D eigenvalue weighted by Gasteiger charge is 2.41. The van der Waals surface area contributed by atoms with E-state index in [4.69, 9.17) is 12.2 Å². The maximum atomic E-state index is 12.9. The van der Waals surface area contributed by atoms with Crippen LogP contribution in [0.4, 0.5) is 5.69 Å². The summed E-state index contributed by atoms with van der Waals surface area (Å²) in [6, 6.07) is 5.32. The number of carbonyl (C=O) groups is 3. The van der Waals surface area contributed by atoms with Crippen molar-refractivity contribution >= 4 is 73.3 Å². The minimum atomic E-state index is -1.42. The van der Waals surface area contributed by atoms with Gasteiger partial charge >= 0.3 is 0 Å². The summed E-state index contributed by atoms with van der Waals surface area (Å²) >= 11 is 9.37. The van der Waals surface area contributed by atoms with Gasteiger partial charge in [-0.2, -0.15) is 0 Å². The summed E-state index contributed by atoms with van der Waals surface area (Å²) in [6.07, 6.45) is 1.59. The fraction of sp³-hybridized carbons (Fsp3) is 0.125. The second kappa shape index (κ2) is 6.74. The molecule has 9 heteroatoms. The van der Waals surface area contributed by atoms with Crippen LogP contribution in [0.2, 0.25) is 0 Å². The summed E-state index contributed by atoms with van der Waals surface area (Å²) < 4.78 is 0.838. The van der Waals surface area contributed by atoms with Gasteiger partial charge in [0.25, 0.3) is 11.8 Å². The van der Waals surface area contributed by atoms with Gasteiger partial charge in [0.15, 0.2) is 0 Å². The molecule has 1 fully saturated rings. The van der Waals surface area contributed by atoms with Crippen LogP contribution in [0.15, 0.2) is 40.2 Å². The summed E-state index contributed by atoms with van der Waals surface area (Å²) in [5.74, 6) is -2.37. The first-order valence-electron chi connectivity index (χ1n) is 7.05. The van der Waals surface area contributed by atoms with E-state index in [0.29, 0.717) is 11.3 Å². The van der Waals surface area contributed by atoms with E-state index in [9.17, 15) is 19.5 Å². The molecule has 0 unspecified atom stereocenters. The highest BCUT2D eigenvalue weighted by molar-refractivity contribution is 9.10. The Kier molecular flexibility index (Phi) is 4.81. The first-order chi connectivity index (χ1) is 11.8. The number of aliphatic carboxylic acids is 1. The Bertz CT molecular complexity index is 881. The first kappa shape index (κ1) is 17.8. The van der Waals surface area contributed by atoms with Crippen molar-refractivity contribution in [3.8, 4) is 0 Å². The Hall–Kier alpha value is -1.97. The van der Waals surface area contributed by atoms with Gasteiger partial charge in [-0.3, -0.25) is 14.5 Å². The molecule has 2 aliphatic rings. The zero-order valence-electron chi connectivity index (χ0n) is 12.7. The van der Waals surface area contributed by atoms with E-state index in [-0.39, 0.29) is 27.3 Å². The molecule has 128 valence electrons. The zero-order valence-corrected chi connectivity index (χ0v) is 15.9. The maximum Gasteiger partial charge on any atom is 0.267 e. The van der Waals surface area contributed by atoms with E-state index in [1.807, 2.05) is 0 Å². The molecule has 3 rings (SSSR count). The number of amides is 2. The van der Waals surface area contributed by atoms with E-state index >= 15 is 0 Å². The van der Waals surface area contributed by atoms with Crippen molar-refractivity contribution in [3.63, 3.8) is 0 Å². The molecular weight excluding hydrogens is 428 g/mol. The molecule has 2 amide bonds. The van der Waals surface area contributed by atoms with Crippen LogP contribution in [0, 0.1) is 0 Å². The first-order valence-corrected chi connectivity index (χ1v) is 9.07. The molecule has 1 aromatic carbocycles. The Balaban J connectivity index is 2.15. The van der Waals surface area contributed by atoms with E-state index in [0.717, 1.165) is 21.1 Å². The van der Waals surface area contributed by atoms with Gasteiger partial charge in [-0.1, -0.05) is 46.0 Å². The smallest absolute Gasteiger partial charge is 0.267 e. The number of anilines is 1.